The molecule has 0 aromatic carbocycles. The van der Waals surface area contributed by atoms with Gasteiger partial charge in [0.05, 0.1) is 18.6 Å². The second-order valence-corrected chi connectivity index (χ2v) is 7.45. The number of aliphatic hydroxyl groups is 1. The van der Waals surface area contributed by atoms with E-state index in [9.17, 15) is 19.5 Å². The lowest BCUT2D eigenvalue weighted by Gasteiger charge is -2.25. The third kappa shape index (κ3) is 3.17. The Labute approximate surface area is 169 Å². The molecule has 0 aliphatic carbocycles. The molecular weight excluding hydrogens is 400 g/mol. The Hall–Kier alpha value is -2.80. The van der Waals surface area contributed by atoms with E-state index in [-0.39, 0.29) is 35.6 Å². The smallest absolute Gasteiger partial charge is 0.341 e. The number of aromatic amines is 1. The highest BCUT2D eigenvalue weighted by molar-refractivity contribution is 5.97. The van der Waals surface area contributed by atoms with Crippen LogP contribution in [0.15, 0.2) is 15.7 Å². The number of rotatable bonds is 4. The van der Waals surface area contributed by atoms with Gasteiger partial charge >= 0.3 is 11.7 Å². The monoisotopic (exact) mass is 422 g/mol. The molecule has 2 saturated heterocycles. The average molecular weight is 422 g/mol. The number of nitrogens with one attached hydrogen (secondary N) is 1. The van der Waals surface area contributed by atoms with Crippen molar-refractivity contribution in [2.24, 2.45) is 0 Å². The third-order valence-corrected chi connectivity index (χ3v) is 5.00. The number of H-pyrrole nitrogens is 1. The van der Waals surface area contributed by atoms with Crippen LogP contribution in [0, 0.1) is 0 Å². The first-order chi connectivity index (χ1) is 14.2. The molecule has 1 unspecified atom stereocenters. The molecular formula is C18H22N4O8. The normalized spacial score (nSPS) is 27.3. The summed E-state index contributed by atoms with van der Waals surface area (Å²) in [4.78, 5) is 43.6. The highest BCUT2D eigenvalue weighted by Crippen LogP contribution is 2.43. The highest BCUT2D eigenvalue weighted by Gasteiger charge is 2.56. The molecule has 0 spiro atoms. The molecule has 0 radical (unpaired) electrons. The van der Waals surface area contributed by atoms with Gasteiger partial charge in [-0.25, -0.2) is 19.1 Å². The number of nitrogens with zero attached hydrogens (tertiary/aromatic N) is 2. The van der Waals surface area contributed by atoms with E-state index in [0.717, 1.165) is 4.57 Å². The minimum atomic E-state index is -1.05. The van der Waals surface area contributed by atoms with Gasteiger partial charge < -0.3 is 29.8 Å². The Morgan fingerprint density at radius 3 is 2.73 bits per heavy atom. The van der Waals surface area contributed by atoms with Crippen LogP contribution in [0.25, 0.3) is 11.0 Å². The quantitative estimate of drug-likeness (QED) is 0.533. The Morgan fingerprint density at radius 1 is 1.37 bits per heavy atom. The van der Waals surface area contributed by atoms with Gasteiger partial charge in [-0.1, -0.05) is 0 Å². The van der Waals surface area contributed by atoms with E-state index >= 15 is 0 Å². The average Bonchev–Trinajstić information content (AvgIpc) is 3.14. The number of aromatic nitrogens is 3. The fraction of sp³-hybridized carbons (Fsp3) is 0.556. The van der Waals surface area contributed by atoms with Crippen LogP contribution >= 0.6 is 0 Å². The van der Waals surface area contributed by atoms with E-state index in [1.54, 1.807) is 20.8 Å². The molecule has 2 aromatic rings. The molecule has 2 aromatic heterocycles. The van der Waals surface area contributed by atoms with E-state index in [1.165, 1.54) is 6.07 Å². The fourth-order valence-corrected chi connectivity index (χ4v) is 3.81. The van der Waals surface area contributed by atoms with Crippen LogP contribution < -0.4 is 17.0 Å². The van der Waals surface area contributed by atoms with Gasteiger partial charge in [-0.2, -0.15) is 0 Å². The van der Waals surface area contributed by atoms with Crippen molar-refractivity contribution in [2.75, 3.05) is 18.9 Å². The van der Waals surface area contributed by atoms with Crippen molar-refractivity contribution >= 4 is 22.8 Å². The highest BCUT2D eigenvalue weighted by atomic mass is 16.8. The van der Waals surface area contributed by atoms with Crippen LogP contribution in [-0.4, -0.2) is 62.9 Å². The number of esters is 1. The van der Waals surface area contributed by atoms with Gasteiger partial charge in [-0.15, -0.1) is 0 Å². The molecule has 2 fully saturated rings. The molecule has 12 heteroatoms. The second kappa shape index (κ2) is 7.16. The predicted molar refractivity (Wildman–Crippen MR) is 102 cm³/mol. The summed E-state index contributed by atoms with van der Waals surface area (Å²) < 4.78 is 23.5. The minimum absolute atomic E-state index is 0.0578. The maximum Gasteiger partial charge on any atom is 0.341 e. The van der Waals surface area contributed by atoms with Crippen LogP contribution in [0.5, 0.6) is 0 Å². The number of hydrogen-bond acceptors (Lipinski definition) is 10. The molecule has 0 bridgehead atoms. The van der Waals surface area contributed by atoms with Crippen LogP contribution in [-0.2, 0) is 18.9 Å². The number of fused-ring (bicyclic) bond motifs is 2. The minimum Gasteiger partial charge on any atom is -0.462 e. The zero-order valence-electron chi connectivity index (χ0n) is 16.6. The number of aliphatic hydroxyl groups excluding tert-OH is 1. The number of anilines is 1. The molecule has 0 saturated carbocycles. The SMILES string of the molecule is CCOC(=O)c1cc2c(=O)[nH]c(=O)n([C@@H]3O[C@H](CO)[C@@H]4OC(C)(C)OC43)c2nc1N. The van der Waals surface area contributed by atoms with Crippen LogP contribution in [0.4, 0.5) is 5.82 Å². The zero-order valence-corrected chi connectivity index (χ0v) is 16.6. The van der Waals surface area contributed by atoms with Gasteiger partial charge in [0.25, 0.3) is 5.56 Å². The maximum absolute atomic E-state index is 12.7. The Kier molecular flexibility index (Phi) is 4.89. The first kappa shape index (κ1) is 20.5. The standard InChI is InChI=1S/C18H22N4O8/c1-4-27-16(25)7-5-8-13(20-12(7)19)22(17(26)21-14(8)24)15-11-10(9(6-23)28-15)29-18(2,3)30-11/h5,9-11,15,23H,4,6H2,1-3H3,(H2,19,20)(H,21,24,26)/t9-,10+,11?,15-/m1/s1. The molecule has 162 valence electrons. The number of ether oxygens (including phenoxy) is 4. The van der Waals surface area contributed by atoms with Crippen molar-refractivity contribution in [1.29, 1.82) is 0 Å². The van der Waals surface area contributed by atoms with Gasteiger partial charge in [-0.3, -0.25) is 9.78 Å². The second-order valence-electron chi connectivity index (χ2n) is 7.45. The summed E-state index contributed by atoms with van der Waals surface area (Å²) in [6, 6.07) is 1.22. The molecule has 2 aliphatic heterocycles. The lowest BCUT2D eigenvalue weighted by atomic mass is 10.1. The van der Waals surface area contributed by atoms with Gasteiger partial charge in [0.1, 0.15) is 29.7 Å². The van der Waals surface area contributed by atoms with Crippen molar-refractivity contribution in [2.45, 2.75) is 51.1 Å². The summed E-state index contributed by atoms with van der Waals surface area (Å²) in [7, 11) is 0. The predicted octanol–water partition coefficient (Wildman–Crippen LogP) is -0.746. The third-order valence-electron chi connectivity index (χ3n) is 5.00. The van der Waals surface area contributed by atoms with Crippen molar-refractivity contribution in [3.63, 3.8) is 0 Å². The molecule has 30 heavy (non-hydrogen) atoms. The zero-order chi connectivity index (χ0) is 21.8. The van der Waals surface area contributed by atoms with Gasteiger partial charge in [0.2, 0.25) is 0 Å². The first-order valence-corrected chi connectivity index (χ1v) is 9.41. The van der Waals surface area contributed by atoms with Crippen molar-refractivity contribution in [3.05, 3.63) is 32.5 Å². The number of nitrogen functional groups attached to an aromatic ring is 1. The van der Waals surface area contributed by atoms with Crippen LogP contribution in [0.3, 0.4) is 0 Å². The van der Waals surface area contributed by atoms with Gasteiger partial charge in [0, 0.05) is 0 Å². The topological polar surface area (TPSA) is 168 Å². The van der Waals surface area contributed by atoms with E-state index < -0.39 is 47.5 Å². The Balaban J connectivity index is 1.89. The summed E-state index contributed by atoms with van der Waals surface area (Å²) >= 11 is 0. The number of carbonyl (C=O) groups excluding carboxylic acids is 1. The lowest BCUT2D eigenvalue weighted by molar-refractivity contribution is -0.200. The number of carbonyl (C=O) groups is 1. The molecule has 12 nitrogen and oxygen atoms in total. The van der Waals surface area contributed by atoms with Crippen molar-refractivity contribution in [1.82, 2.24) is 14.5 Å². The largest absolute Gasteiger partial charge is 0.462 e. The molecule has 4 heterocycles. The number of hydrogen-bond donors (Lipinski definition) is 3. The first-order valence-electron chi connectivity index (χ1n) is 9.41. The summed E-state index contributed by atoms with van der Waals surface area (Å²) in [5.74, 6) is -1.92. The molecule has 2 aliphatic rings. The number of pyridine rings is 1. The summed E-state index contributed by atoms with van der Waals surface area (Å²) in [6.07, 6.45) is -3.20. The summed E-state index contributed by atoms with van der Waals surface area (Å²) in [6.45, 7) is 4.78. The van der Waals surface area contributed by atoms with Crippen LogP contribution in [0.2, 0.25) is 0 Å². The maximum atomic E-state index is 12.7. The van der Waals surface area contributed by atoms with E-state index in [4.69, 9.17) is 24.7 Å². The van der Waals surface area contributed by atoms with Crippen molar-refractivity contribution < 1.29 is 28.8 Å². The fourth-order valence-electron chi connectivity index (χ4n) is 3.81. The molecule has 4 atom stereocenters. The van der Waals surface area contributed by atoms with Gasteiger partial charge in [0.15, 0.2) is 17.7 Å². The van der Waals surface area contributed by atoms with E-state index in [2.05, 4.69) is 9.97 Å². The van der Waals surface area contributed by atoms with Crippen molar-refractivity contribution in [3.8, 4) is 0 Å². The van der Waals surface area contributed by atoms with Crippen LogP contribution in [0.1, 0.15) is 37.4 Å². The number of nitrogens with two attached hydrogens (primary N) is 1. The molecule has 4 rings (SSSR count). The van der Waals surface area contributed by atoms with E-state index in [1.807, 2.05) is 0 Å². The van der Waals surface area contributed by atoms with Gasteiger partial charge in [-0.05, 0) is 26.8 Å². The Bertz CT molecular complexity index is 1120. The summed E-state index contributed by atoms with van der Waals surface area (Å²) in [5.41, 5.74) is 4.17. The molecule has 0 amide bonds. The lowest BCUT2D eigenvalue weighted by Crippen LogP contribution is -2.38. The molecule has 4 N–H and O–H groups in total. The Morgan fingerprint density at radius 2 is 2.07 bits per heavy atom. The van der Waals surface area contributed by atoms with E-state index in [0.29, 0.717) is 0 Å². The summed E-state index contributed by atoms with van der Waals surface area (Å²) in [5, 5.41) is 9.62.